The summed E-state index contributed by atoms with van der Waals surface area (Å²) in [6.07, 6.45) is 3.26. The molecule has 0 aromatic carbocycles. The molecule has 2 aromatic rings. The summed E-state index contributed by atoms with van der Waals surface area (Å²) in [7, 11) is 5.35. The first-order valence-electron chi connectivity index (χ1n) is 7.13. The van der Waals surface area contributed by atoms with Gasteiger partial charge < -0.3 is 20.3 Å². The van der Waals surface area contributed by atoms with E-state index in [-0.39, 0.29) is 5.91 Å². The van der Waals surface area contributed by atoms with Crippen LogP contribution in [-0.2, 0) is 0 Å². The maximum Gasteiger partial charge on any atom is 0.256 e. The molecule has 2 rings (SSSR count). The normalized spacial score (nSPS) is 10.0. The van der Waals surface area contributed by atoms with Crippen LogP contribution in [0.4, 0.5) is 11.5 Å². The fourth-order valence-electron chi connectivity index (χ4n) is 1.88. The van der Waals surface area contributed by atoms with Crippen LogP contribution in [0.2, 0.25) is 0 Å². The summed E-state index contributed by atoms with van der Waals surface area (Å²) in [5.41, 5.74) is 1.36. The molecular formula is C15H20N6O2. The van der Waals surface area contributed by atoms with Gasteiger partial charge in [-0.15, -0.1) is 5.10 Å². The molecule has 0 aliphatic heterocycles. The molecule has 0 fully saturated rings. The molecule has 0 spiro atoms. The number of hydrogen-bond donors (Lipinski definition) is 2. The van der Waals surface area contributed by atoms with Crippen molar-refractivity contribution in [1.29, 1.82) is 0 Å². The van der Waals surface area contributed by atoms with Crippen LogP contribution in [0.5, 0.6) is 5.88 Å². The van der Waals surface area contributed by atoms with E-state index in [1.54, 1.807) is 24.5 Å². The largest absolute Gasteiger partial charge is 0.480 e. The summed E-state index contributed by atoms with van der Waals surface area (Å²) in [4.78, 5) is 18.0. The maximum absolute atomic E-state index is 12.1. The maximum atomic E-state index is 12.1. The van der Waals surface area contributed by atoms with Gasteiger partial charge in [0.05, 0.1) is 19.0 Å². The minimum atomic E-state index is -0.232. The summed E-state index contributed by atoms with van der Waals surface area (Å²) in [6.45, 7) is 0.963. The van der Waals surface area contributed by atoms with E-state index >= 15 is 0 Å². The number of hydrogen-bond acceptors (Lipinski definition) is 7. The number of carbonyl (C=O) groups is 1. The molecule has 0 unspecified atom stereocenters. The van der Waals surface area contributed by atoms with E-state index in [0.717, 1.165) is 5.69 Å². The van der Waals surface area contributed by atoms with Gasteiger partial charge in [-0.05, 0) is 12.1 Å². The molecule has 2 heterocycles. The van der Waals surface area contributed by atoms with E-state index in [4.69, 9.17) is 4.74 Å². The van der Waals surface area contributed by atoms with Crippen LogP contribution >= 0.6 is 0 Å². The van der Waals surface area contributed by atoms with Gasteiger partial charge in [-0.1, -0.05) is 0 Å². The van der Waals surface area contributed by atoms with Crippen molar-refractivity contribution in [2.75, 3.05) is 44.5 Å². The minimum Gasteiger partial charge on any atom is -0.480 e. The second-order valence-electron chi connectivity index (χ2n) is 4.94. The van der Waals surface area contributed by atoms with Crippen molar-refractivity contribution < 1.29 is 9.53 Å². The highest BCUT2D eigenvalue weighted by Crippen LogP contribution is 2.13. The second kappa shape index (κ2) is 7.92. The zero-order chi connectivity index (χ0) is 16.7. The Morgan fingerprint density at radius 1 is 1.35 bits per heavy atom. The molecule has 0 saturated carbocycles. The van der Waals surface area contributed by atoms with Crippen molar-refractivity contribution in [1.82, 2.24) is 20.5 Å². The van der Waals surface area contributed by atoms with Crippen LogP contribution in [0.15, 0.2) is 30.6 Å². The molecule has 8 heteroatoms. The molecule has 1 amide bonds. The van der Waals surface area contributed by atoms with Gasteiger partial charge in [0.15, 0.2) is 5.82 Å². The number of methoxy groups -OCH3 is 1. The Kier molecular flexibility index (Phi) is 5.67. The van der Waals surface area contributed by atoms with Gasteiger partial charge in [-0.3, -0.25) is 4.79 Å². The second-order valence-corrected chi connectivity index (χ2v) is 4.94. The molecule has 8 nitrogen and oxygen atoms in total. The standard InChI is InChI=1S/C15H20N6O2/c1-21(2)11-9-13(20-19-10-11)16-7-8-17-14(22)12-5-4-6-18-15(12)23-3/h4-6,9-10H,7-8H2,1-3H3,(H,16,20)(H,17,22). The zero-order valence-electron chi connectivity index (χ0n) is 13.4. The number of aromatic nitrogens is 3. The third-order valence-electron chi connectivity index (χ3n) is 3.08. The average Bonchev–Trinajstić information content (AvgIpc) is 2.58. The molecular weight excluding hydrogens is 296 g/mol. The number of nitrogens with zero attached hydrogens (tertiary/aromatic N) is 4. The average molecular weight is 316 g/mol. The topological polar surface area (TPSA) is 92.3 Å². The molecule has 122 valence electrons. The summed E-state index contributed by atoms with van der Waals surface area (Å²) in [5.74, 6) is 0.733. The molecule has 0 aliphatic carbocycles. The summed E-state index contributed by atoms with van der Waals surface area (Å²) < 4.78 is 5.07. The molecule has 0 radical (unpaired) electrons. The number of anilines is 2. The van der Waals surface area contributed by atoms with E-state index < -0.39 is 0 Å². The lowest BCUT2D eigenvalue weighted by Gasteiger charge is -2.13. The van der Waals surface area contributed by atoms with E-state index in [1.807, 2.05) is 25.1 Å². The molecule has 2 N–H and O–H groups in total. The number of amides is 1. The van der Waals surface area contributed by atoms with Gasteiger partial charge in [-0.2, -0.15) is 5.10 Å². The number of pyridine rings is 1. The van der Waals surface area contributed by atoms with Crippen LogP contribution in [0, 0.1) is 0 Å². The third kappa shape index (κ3) is 4.53. The molecule has 2 aromatic heterocycles. The van der Waals surface area contributed by atoms with Crippen molar-refractivity contribution in [2.24, 2.45) is 0 Å². The van der Waals surface area contributed by atoms with E-state index in [1.165, 1.54) is 7.11 Å². The monoisotopic (exact) mass is 316 g/mol. The lowest BCUT2D eigenvalue weighted by atomic mass is 10.2. The molecule has 0 aliphatic rings. The Morgan fingerprint density at radius 3 is 2.91 bits per heavy atom. The van der Waals surface area contributed by atoms with Crippen LogP contribution < -0.4 is 20.3 Å². The fourth-order valence-corrected chi connectivity index (χ4v) is 1.88. The van der Waals surface area contributed by atoms with Crippen molar-refractivity contribution in [2.45, 2.75) is 0 Å². The summed E-state index contributed by atoms with van der Waals surface area (Å²) in [6, 6.07) is 5.25. The smallest absolute Gasteiger partial charge is 0.256 e. The Balaban J connectivity index is 1.83. The van der Waals surface area contributed by atoms with Crippen molar-refractivity contribution >= 4 is 17.4 Å². The van der Waals surface area contributed by atoms with Crippen LogP contribution in [0.25, 0.3) is 0 Å². The van der Waals surface area contributed by atoms with Gasteiger partial charge in [0.1, 0.15) is 5.56 Å². The van der Waals surface area contributed by atoms with Crippen molar-refractivity contribution in [3.8, 4) is 5.88 Å². The lowest BCUT2D eigenvalue weighted by Crippen LogP contribution is -2.29. The first-order chi connectivity index (χ1) is 11.1. The highest BCUT2D eigenvalue weighted by molar-refractivity contribution is 5.96. The van der Waals surface area contributed by atoms with Gasteiger partial charge in [-0.25, -0.2) is 4.98 Å². The Labute approximate surface area is 134 Å². The SMILES string of the molecule is COc1ncccc1C(=O)NCCNc1cc(N(C)C)cnn1. The molecule has 0 saturated heterocycles. The Bertz CT molecular complexity index is 662. The number of nitrogens with one attached hydrogen (secondary N) is 2. The fraction of sp³-hybridized carbons (Fsp3) is 0.333. The quantitative estimate of drug-likeness (QED) is 0.729. The lowest BCUT2D eigenvalue weighted by molar-refractivity contribution is 0.0951. The van der Waals surface area contributed by atoms with Crippen molar-refractivity contribution in [3.05, 3.63) is 36.2 Å². The predicted molar refractivity (Wildman–Crippen MR) is 88.0 cm³/mol. The van der Waals surface area contributed by atoms with Gasteiger partial charge in [0.2, 0.25) is 5.88 Å². The summed E-state index contributed by atoms with van der Waals surface area (Å²) in [5, 5.41) is 13.8. The molecule has 0 atom stereocenters. The summed E-state index contributed by atoms with van der Waals surface area (Å²) >= 11 is 0. The van der Waals surface area contributed by atoms with Crippen LogP contribution in [0.3, 0.4) is 0 Å². The predicted octanol–water partition coefficient (Wildman–Crippen LogP) is 0.788. The zero-order valence-corrected chi connectivity index (χ0v) is 13.4. The van der Waals surface area contributed by atoms with E-state index in [9.17, 15) is 4.79 Å². The van der Waals surface area contributed by atoms with Gasteiger partial charge in [0, 0.05) is 39.4 Å². The van der Waals surface area contributed by atoms with Gasteiger partial charge in [0.25, 0.3) is 5.91 Å². The van der Waals surface area contributed by atoms with E-state index in [2.05, 4.69) is 25.8 Å². The number of ether oxygens (including phenoxy) is 1. The molecule has 23 heavy (non-hydrogen) atoms. The third-order valence-corrected chi connectivity index (χ3v) is 3.08. The minimum absolute atomic E-state index is 0.232. The highest BCUT2D eigenvalue weighted by atomic mass is 16.5. The van der Waals surface area contributed by atoms with Crippen molar-refractivity contribution in [3.63, 3.8) is 0 Å². The Morgan fingerprint density at radius 2 is 2.17 bits per heavy atom. The van der Waals surface area contributed by atoms with Crippen LogP contribution in [0.1, 0.15) is 10.4 Å². The first kappa shape index (κ1) is 16.5. The Hall–Kier alpha value is -2.90. The van der Waals surface area contributed by atoms with Crippen LogP contribution in [-0.4, -0.2) is 55.4 Å². The number of carbonyl (C=O) groups excluding carboxylic acids is 1. The van der Waals surface area contributed by atoms with E-state index in [0.29, 0.717) is 30.4 Å². The number of rotatable bonds is 7. The van der Waals surface area contributed by atoms with Gasteiger partial charge >= 0.3 is 0 Å². The molecule has 0 bridgehead atoms. The highest BCUT2D eigenvalue weighted by Gasteiger charge is 2.11. The first-order valence-corrected chi connectivity index (χ1v) is 7.13.